The molecule has 1 saturated carbocycles. The van der Waals surface area contributed by atoms with E-state index in [1.807, 2.05) is 0 Å². The van der Waals surface area contributed by atoms with Crippen molar-refractivity contribution in [3.05, 3.63) is 12.2 Å². The van der Waals surface area contributed by atoms with Crippen LogP contribution in [0.15, 0.2) is 12.2 Å². The molecule has 0 aromatic heterocycles. The molecule has 0 radical (unpaired) electrons. The molecule has 14 heteroatoms. The van der Waals surface area contributed by atoms with Gasteiger partial charge in [-0.1, -0.05) is 174 Å². The number of hydrogen-bond donors (Lipinski definition) is 6. The smallest absolute Gasteiger partial charge is 0.462 e. The Bertz CT molecular complexity index is 1090. The summed E-state index contributed by atoms with van der Waals surface area (Å²) in [6.45, 7) is 3.26. The Morgan fingerprint density at radius 2 is 0.881 bits per heavy atom. The number of unbranched alkanes of at least 4 members (excludes halogenated alkanes) is 25. The molecule has 6 unspecified atom stereocenters. The van der Waals surface area contributed by atoms with Gasteiger partial charge in [-0.25, -0.2) is 4.57 Å². The van der Waals surface area contributed by atoms with Crippen LogP contribution in [0, 0.1) is 0 Å². The van der Waals surface area contributed by atoms with Crippen LogP contribution in [0.25, 0.3) is 0 Å². The van der Waals surface area contributed by atoms with Crippen molar-refractivity contribution in [1.82, 2.24) is 0 Å². The largest absolute Gasteiger partial charge is 0.472 e. The van der Waals surface area contributed by atoms with E-state index < -0.39 is 75.7 Å². The Balaban J connectivity index is 2.39. The SMILES string of the molecule is CCCC/C=C\CCCCCCCC(=O)O[C@H](COC(=O)CCCCCCCCCCCCCCCCCCCCC)COP(=O)(O)OC1C(O)C(O)C(O)[C@@H](O)C1O. The average Bonchev–Trinajstić information content (AvgIpc) is 3.21. The number of carbonyl (C=O) groups is 2. The zero-order chi connectivity index (χ0) is 43.6. The second kappa shape index (κ2) is 36.1. The molecule has 348 valence electrons. The molecule has 8 atom stereocenters. The summed E-state index contributed by atoms with van der Waals surface area (Å²) in [5.74, 6) is -1.10. The van der Waals surface area contributed by atoms with E-state index in [0.29, 0.717) is 12.8 Å². The number of phosphoric acid groups is 1. The van der Waals surface area contributed by atoms with Crippen molar-refractivity contribution in [3.63, 3.8) is 0 Å². The van der Waals surface area contributed by atoms with Gasteiger partial charge in [-0.2, -0.15) is 0 Å². The van der Waals surface area contributed by atoms with Crippen LogP contribution in [0.4, 0.5) is 0 Å². The summed E-state index contributed by atoms with van der Waals surface area (Å²) < 4.78 is 33.5. The Morgan fingerprint density at radius 1 is 0.508 bits per heavy atom. The van der Waals surface area contributed by atoms with Crippen molar-refractivity contribution >= 4 is 19.8 Å². The van der Waals surface area contributed by atoms with E-state index in [0.717, 1.165) is 57.8 Å². The average molecular weight is 865 g/mol. The highest BCUT2D eigenvalue weighted by Crippen LogP contribution is 2.47. The van der Waals surface area contributed by atoms with Crippen LogP contribution in [-0.4, -0.2) is 98.3 Å². The third kappa shape index (κ3) is 28.7. The highest BCUT2D eigenvalue weighted by atomic mass is 31.2. The Morgan fingerprint density at radius 3 is 1.34 bits per heavy atom. The van der Waals surface area contributed by atoms with E-state index in [2.05, 4.69) is 26.0 Å². The van der Waals surface area contributed by atoms with Crippen molar-refractivity contribution in [3.8, 4) is 0 Å². The number of phosphoric ester groups is 1. The van der Waals surface area contributed by atoms with Crippen molar-refractivity contribution in [2.75, 3.05) is 13.2 Å². The highest BCUT2D eigenvalue weighted by molar-refractivity contribution is 7.47. The minimum Gasteiger partial charge on any atom is -0.462 e. The maximum atomic E-state index is 12.8. The summed E-state index contributed by atoms with van der Waals surface area (Å²) >= 11 is 0. The Kier molecular flexibility index (Phi) is 34.0. The standard InChI is InChI=1S/C45H85O13P/c1-3-5-7-9-11-13-15-16-17-18-19-20-21-22-24-25-27-29-31-33-38(46)55-35-37(57-39(47)34-32-30-28-26-23-14-12-10-8-6-4-2)36-56-59(53,54)58-45-43(51)41(49)40(48)42(50)44(45)52/h10,12,37,40-45,48-52H,3-9,11,13-36H2,1-2H3,(H,53,54)/b12-10-/t37-,40?,41-,42?,43?,44?,45?/m1/s1. The molecule has 6 N–H and O–H groups in total. The summed E-state index contributed by atoms with van der Waals surface area (Å²) in [6.07, 6.45) is 24.2. The number of aliphatic hydroxyl groups is 5. The second-order valence-electron chi connectivity index (χ2n) is 16.6. The van der Waals surface area contributed by atoms with Crippen LogP contribution in [0.2, 0.25) is 0 Å². The van der Waals surface area contributed by atoms with Crippen molar-refractivity contribution in [2.24, 2.45) is 0 Å². The van der Waals surface area contributed by atoms with Gasteiger partial charge in [0.25, 0.3) is 0 Å². The van der Waals surface area contributed by atoms with Crippen LogP contribution in [0.5, 0.6) is 0 Å². The van der Waals surface area contributed by atoms with Crippen molar-refractivity contribution < 1.29 is 63.1 Å². The fourth-order valence-electron chi connectivity index (χ4n) is 7.27. The maximum absolute atomic E-state index is 12.8. The van der Waals surface area contributed by atoms with E-state index in [-0.39, 0.29) is 12.8 Å². The zero-order valence-electron chi connectivity index (χ0n) is 36.8. The normalized spacial score (nSPS) is 22.4. The molecule has 0 spiro atoms. The van der Waals surface area contributed by atoms with Gasteiger partial charge < -0.3 is 39.9 Å². The third-order valence-electron chi connectivity index (χ3n) is 11.1. The number of carbonyl (C=O) groups excluding carboxylic acids is 2. The molecule has 0 aromatic rings. The zero-order valence-corrected chi connectivity index (χ0v) is 37.7. The molecule has 0 aromatic carbocycles. The fourth-order valence-corrected chi connectivity index (χ4v) is 8.24. The van der Waals surface area contributed by atoms with E-state index in [1.165, 1.54) is 109 Å². The van der Waals surface area contributed by atoms with Gasteiger partial charge in [0.05, 0.1) is 6.61 Å². The monoisotopic (exact) mass is 865 g/mol. The fraction of sp³-hybridized carbons (Fsp3) is 0.911. The molecule has 1 aliphatic rings. The molecular weight excluding hydrogens is 779 g/mol. The molecule has 0 saturated heterocycles. The summed E-state index contributed by atoms with van der Waals surface area (Å²) in [4.78, 5) is 35.6. The van der Waals surface area contributed by atoms with Gasteiger partial charge in [0.1, 0.15) is 43.2 Å². The quantitative estimate of drug-likeness (QED) is 0.0148. The lowest BCUT2D eigenvalue weighted by Gasteiger charge is -2.41. The molecule has 1 fully saturated rings. The first kappa shape index (κ1) is 55.6. The molecule has 1 rings (SSSR count). The number of rotatable bonds is 39. The van der Waals surface area contributed by atoms with Crippen molar-refractivity contribution in [1.29, 1.82) is 0 Å². The van der Waals surface area contributed by atoms with Gasteiger partial charge in [-0.05, 0) is 32.1 Å². The summed E-state index contributed by atoms with van der Waals surface area (Å²) in [5.41, 5.74) is 0. The minimum absolute atomic E-state index is 0.0899. The molecule has 0 heterocycles. The molecule has 1 aliphatic carbocycles. The van der Waals surface area contributed by atoms with Crippen LogP contribution in [-0.2, 0) is 32.7 Å². The number of ether oxygens (including phenoxy) is 2. The minimum atomic E-state index is -5.11. The van der Waals surface area contributed by atoms with Gasteiger partial charge in [-0.15, -0.1) is 0 Å². The number of esters is 2. The Hall–Kier alpha value is -1.41. The molecule has 59 heavy (non-hydrogen) atoms. The molecular formula is C45H85O13P. The van der Waals surface area contributed by atoms with Gasteiger partial charge in [0, 0.05) is 12.8 Å². The molecule has 0 amide bonds. The predicted molar refractivity (Wildman–Crippen MR) is 231 cm³/mol. The first-order chi connectivity index (χ1) is 28.4. The number of allylic oxidation sites excluding steroid dienone is 2. The summed E-state index contributed by atoms with van der Waals surface area (Å²) in [5, 5.41) is 50.1. The van der Waals surface area contributed by atoms with Crippen LogP contribution in [0.1, 0.15) is 206 Å². The van der Waals surface area contributed by atoms with E-state index in [1.54, 1.807) is 0 Å². The van der Waals surface area contributed by atoms with Crippen LogP contribution >= 0.6 is 7.82 Å². The lowest BCUT2D eigenvalue weighted by Crippen LogP contribution is -2.64. The van der Waals surface area contributed by atoms with Gasteiger partial charge in [-0.3, -0.25) is 18.6 Å². The van der Waals surface area contributed by atoms with Crippen molar-refractivity contribution in [2.45, 2.75) is 249 Å². The van der Waals surface area contributed by atoms with E-state index in [4.69, 9.17) is 18.5 Å². The van der Waals surface area contributed by atoms with Crippen LogP contribution < -0.4 is 0 Å². The lowest BCUT2D eigenvalue weighted by atomic mass is 9.85. The molecule has 0 bridgehead atoms. The van der Waals surface area contributed by atoms with Gasteiger partial charge in [0.15, 0.2) is 6.10 Å². The predicted octanol–water partition coefficient (Wildman–Crippen LogP) is 9.06. The second-order valence-corrected chi connectivity index (χ2v) is 18.0. The molecule has 0 aliphatic heterocycles. The van der Waals surface area contributed by atoms with E-state index in [9.17, 15) is 44.6 Å². The number of aliphatic hydroxyl groups excluding tert-OH is 5. The topological polar surface area (TPSA) is 210 Å². The number of hydrogen-bond acceptors (Lipinski definition) is 12. The summed E-state index contributed by atoms with van der Waals surface area (Å²) in [7, 11) is -5.11. The maximum Gasteiger partial charge on any atom is 0.472 e. The lowest BCUT2D eigenvalue weighted by molar-refractivity contribution is -0.220. The first-order valence-corrected chi connectivity index (χ1v) is 25.0. The van der Waals surface area contributed by atoms with E-state index >= 15 is 0 Å². The van der Waals surface area contributed by atoms with Crippen LogP contribution in [0.3, 0.4) is 0 Å². The van der Waals surface area contributed by atoms with Gasteiger partial charge >= 0.3 is 19.8 Å². The highest BCUT2D eigenvalue weighted by Gasteiger charge is 2.51. The third-order valence-corrected chi connectivity index (χ3v) is 12.1. The molecule has 13 nitrogen and oxygen atoms in total. The Labute approximate surface area is 356 Å². The van der Waals surface area contributed by atoms with Gasteiger partial charge in [0.2, 0.25) is 0 Å². The summed E-state index contributed by atoms with van der Waals surface area (Å²) in [6, 6.07) is 0. The first-order valence-electron chi connectivity index (χ1n) is 23.5.